The molecule has 1 saturated heterocycles. The number of fused-ring (bicyclic) bond motifs is 1. The Bertz CT molecular complexity index is 528. The Kier molecular flexibility index (Phi) is 2.70. The summed E-state index contributed by atoms with van der Waals surface area (Å²) in [5, 5.41) is 0.534. The molecule has 1 aliphatic heterocycles. The van der Waals surface area contributed by atoms with Gasteiger partial charge in [-0.1, -0.05) is 0 Å². The smallest absolute Gasteiger partial charge is 0.179 e. The molecule has 90 valence electrons. The van der Waals surface area contributed by atoms with Gasteiger partial charge in [0, 0.05) is 14.1 Å². The Labute approximate surface area is 105 Å². The number of H-pyrrole nitrogens is 1. The maximum atomic E-state index is 4.62. The van der Waals surface area contributed by atoms with E-state index in [4.69, 9.17) is 0 Å². The van der Waals surface area contributed by atoms with Crippen molar-refractivity contribution >= 4 is 28.7 Å². The summed E-state index contributed by atoms with van der Waals surface area (Å²) in [6.45, 7) is 0. The van der Waals surface area contributed by atoms with Crippen LogP contribution in [0.4, 0.5) is 5.82 Å². The van der Waals surface area contributed by atoms with Gasteiger partial charge >= 0.3 is 0 Å². The highest BCUT2D eigenvalue weighted by atomic mass is 32.2. The molecule has 3 rings (SSSR count). The van der Waals surface area contributed by atoms with Crippen molar-refractivity contribution in [3.63, 3.8) is 0 Å². The molecule has 0 bridgehead atoms. The highest BCUT2D eigenvalue weighted by Crippen LogP contribution is 2.38. The summed E-state index contributed by atoms with van der Waals surface area (Å²) < 4.78 is 0. The Morgan fingerprint density at radius 3 is 2.94 bits per heavy atom. The second-order valence-electron chi connectivity index (χ2n) is 4.56. The van der Waals surface area contributed by atoms with E-state index in [0.29, 0.717) is 5.25 Å². The molecular formula is C12H16N4S. The minimum Gasteiger partial charge on any atom is -0.363 e. The number of nitrogens with zero attached hydrogens (tertiary/aromatic N) is 3. The van der Waals surface area contributed by atoms with Crippen molar-refractivity contribution in [1.29, 1.82) is 0 Å². The zero-order valence-electron chi connectivity index (χ0n) is 10.1. The third kappa shape index (κ3) is 1.99. The van der Waals surface area contributed by atoms with Gasteiger partial charge in [0.2, 0.25) is 0 Å². The maximum absolute atomic E-state index is 4.62. The van der Waals surface area contributed by atoms with Crippen LogP contribution in [-0.4, -0.2) is 34.8 Å². The fourth-order valence-electron chi connectivity index (χ4n) is 2.10. The number of hydrogen-bond donors (Lipinski definition) is 1. The molecule has 1 atom stereocenters. The molecule has 1 N–H and O–H groups in total. The summed E-state index contributed by atoms with van der Waals surface area (Å²) in [6.07, 6.45) is 2.52. The van der Waals surface area contributed by atoms with Gasteiger partial charge in [-0.05, 0) is 30.7 Å². The monoisotopic (exact) mass is 248 g/mol. The predicted molar refractivity (Wildman–Crippen MR) is 72.6 cm³/mol. The molecule has 17 heavy (non-hydrogen) atoms. The van der Waals surface area contributed by atoms with Gasteiger partial charge in [-0.3, -0.25) is 0 Å². The molecule has 3 heterocycles. The lowest BCUT2D eigenvalue weighted by atomic mass is 10.2. The lowest BCUT2D eigenvalue weighted by Gasteiger charge is -2.09. The van der Waals surface area contributed by atoms with Gasteiger partial charge in [0.15, 0.2) is 5.65 Å². The third-order valence-corrected chi connectivity index (χ3v) is 4.43. The number of thioether (sulfide) groups is 1. The van der Waals surface area contributed by atoms with Crippen molar-refractivity contribution < 1.29 is 0 Å². The first-order valence-electron chi connectivity index (χ1n) is 5.89. The van der Waals surface area contributed by atoms with Crippen LogP contribution < -0.4 is 4.90 Å². The van der Waals surface area contributed by atoms with Gasteiger partial charge < -0.3 is 9.88 Å². The number of anilines is 1. The van der Waals surface area contributed by atoms with Crippen molar-refractivity contribution in [2.75, 3.05) is 24.7 Å². The largest absolute Gasteiger partial charge is 0.363 e. The average Bonchev–Trinajstić information content (AvgIpc) is 2.96. The van der Waals surface area contributed by atoms with Crippen LogP contribution in [0.15, 0.2) is 12.1 Å². The first kappa shape index (κ1) is 10.9. The SMILES string of the molecule is CN(C)c1ccc2[nH]c(C3CCCS3)nc2n1. The average molecular weight is 248 g/mol. The van der Waals surface area contributed by atoms with Crippen LogP contribution >= 0.6 is 11.8 Å². The van der Waals surface area contributed by atoms with Gasteiger partial charge in [-0.25, -0.2) is 9.97 Å². The van der Waals surface area contributed by atoms with E-state index in [1.807, 2.05) is 36.8 Å². The summed E-state index contributed by atoms with van der Waals surface area (Å²) in [6, 6.07) is 4.08. The molecule has 1 fully saturated rings. The van der Waals surface area contributed by atoms with Crippen LogP contribution in [0.2, 0.25) is 0 Å². The van der Waals surface area contributed by atoms with Crippen LogP contribution in [-0.2, 0) is 0 Å². The number of rotatable bonds is 2. The first-order chi connectivity index (χ1) is 8.24. The second kappa shape index (κ2) is 4.22. The maximum Gasteiger partial charge on any atom is 0.179 e. The van der Waals surface area contributed by atoms with Crippen molar-refractivity contribution in [3.05, 3.63) is 18.0 Å². The minimum atomic E-state index is 0.534. The third-order valence-electron chi connectivity index (χ3n) is 3.04. The Morgan fingerprint density at radius 1 is 1.35 bits per heavy atom. The van der Waals surface area contributed by atoms with Gasteiger partial charge in [-0.2, -0.15) is 11.8 Å². The highest BCUT2D eigenvalue weighted by molar-refractivity contribution is 7.99. The molecular weight excluding hydrogens is 232 g/mol. The van der Waals surface area contributed by atoms with Gasteiger partial charge in [0.1, 0.15) is 11.6 Å². The molecule has 4 nitrogen and oxygen atoms in total. The lowest BCUT2D eigenvalue weighted by molar-refractivity contribution is 0.792. The quantitative estimate of drug-likeness (QED) is 0.887. The molecule has 1 aliphatic rings. The number of aromatic nitrogens is 3. The number of pyridine rings is 1. The fourth-order valence-corrected chi connectivity index (χ4v) is 3.32. The Balaban J connectivity index is 2.00. The van der Waals surface area contributed by atoms with Crippen molar-refractivity contribution in [2.45, 2.75) is 18.1 Å². The van der Waals surface area contributed by atoms with E-state index in [0.717, 1.165) is 22.8 Å². The van der Waals surface area contributed by atoms with E-state index in [9.17, 15) is 0 Å². The van der Waals surface area contributed by atoms with E-state index < -0.39 is 0 Å². The molecule has 2 aromatic heterocycles. The molecule has 0 saturated carbocycles. The van der Waals surface area contributed by atoms with Gasteiger partial charge in [0.05, 0.1) is 10.8 Å². The molecule has 0 radical (unpaired) electrons. The molecule has 0 spiro atoms. The molecule has 1 unspecified atom stereocenters. The van der Waals surface area contributed by atoms with Crippen molar-refractivity contribution in [1.82, 2.24) is 15.0 Å². The standard InChI is InChI=1S/C12H16N4S/c1-16(2)10-6-5-8-11(14-10)15-12(13-8)9-4-3-7-17-9/h5-6,9H,3-4,7H2,1-2H3,(H,13,14,15). The molecule has 5 heteroatoms. The van der Waals surface area contributed by atoms with Crippen LogP contribution in [0.5, 0.6) is 0 Å². The van der Waals surface area contributed by atoms with Crippen molar-refractivity contribution in [3.8, 4) is 0 Å². The zero-order chi connectivity index (χ0) is 11.8. The number of hydrogen-bond acceptors (Lipinski definition) is 4. The summed E-state index contributed by atoms with van der Waals surface area (Å²) in [5.41, 5.74) is 1.87. The summed E-state index contributed by atoms with van der Waals surface area (Å²) in [7, 11) is 3.99. The van der Waals surface area contributed by atoms with Crippen LogP contribution in [0.3, 0.4) is 0 Å². The Morgan fingerprint density at radius 2 is 2.24 bits per heavy atom. The van der Waals surface area contributed by atoms with E-state index in [-0.39, 0.29) is 0 Å². The molecule has 0 aliphatic carbocycles. The fraction of sp³-hybridized carbons (Fsp3) is 0.500. The molecule has 2 aromatic rings. The Hall–Kier alpha value is -1.23. The number of aromatic amines is 1. The summed E-state index contributed by atoms with van der Waals surface area (Å²) in [5.74, 6) is 3.29. The predicted octanol–water partition coefficient (Wildman–Crippen LogP) is 2.59. The van der Waals surface area contributed by atoms with Gasteiger partial charge in [-0.15, -0.1) is 0 Å². The zero-order valence-corrected chi connectivity index (χ0v) is 10.9. The molecule has 0 amide bonds. The van der Waals surface area contributed by atoms with E-state index in [1.165, 1.54) is 18.6 Å². The first-order valence-corrected chi connectivity index (χ1v) is 6.94. The minimum absolute atomic E-state index is 0.534. The van der Waals surface area contributed by atoms with Crippen LogP contribution in [0, 0.1) is 0 Å². The number of nitrogens with one attached hydrogen (secondary N) is 1. The van der Waals surface area contributed by atoms with Crippen molar-refractivity contribution in [2.24, 2.45) is 0 Å². The number of imidazole rings is 1. The van der Waals surface area contributed by atoms with Crippen LogP contribution in [0.25, 0.3) is 11.2 Å². The highest BCUT2D eigenvalue weighted by Gasteiger charge is 2.21. The van der Waals surface area contributed by atoms with E-state index in [2.05, 4.69) is 21.0 Å². The van der Waals surface area contributed by atoms with E-state index in [1.54, 1.807) is 0 Å². The lowest BCUT2D eigenvalue weighted by Crippen LogP contribution is -2.10. The normalized spacial score (nSPS) is 20.0. The topological polar surface area (TPSA) is 44.8 Å². The van der Waals surface area contributed by atoms with Gasteiger partial charge in [0.25, 0.3) is 0 Å². The summed E-state index contributed by atoms with van der Waals surface area (Å²) in [4.78, 5) is 14.6. The summed E-state index contributed by atoms with van der Waals surface area (Å²) >= 11 is 1.99. The van der Waals surface area contributed by atoms with Crippen LogP contribution in [0.1, 0.15) is 23.9 Å². The molecule has 0 aromatic carbocycles. The second-order valence-corrected chi connectivity index (χ2v) is 5.87. The van der Waals surface area contributed by atoms with E-state index >= 15 is 0 Å².